The van der Waals surface area contributed by atoms with Gasteiger partial charge in [0.05, 0.1) is 28.6 Å². The fraction of sp³-hybridized carbons (Fsp3) is 0.148. The molecule has 0 aliphatic rings. The lowest BCUT2D eigenvalue weighted by Crippen LogP contribution is -2.34. The lowest BCUT2D eigenvalue weighted by Gasteiger charge is -2.09. The predicted molar refractivity (Wildman–Crippen MR) is 138 cm³/mol. The fourth-order valence-corrected chi connectivity index (χ4v) is 4.18. The van der Waals surface area contributed by atoms with Crippen LogP contribution in [-0.4, -0.2) is 40.6 Å². The molecule has 1 amide bonds. The van der Waals surface area contributed by atoms with E-state index in [1.54, 1.807) is 24.3 Å². The minimum absolute atomic E-state index is 0.0736. The first kappa shape index (κ1) is 25.6. The van der Waals surface area contributed by atoms with Gasteiger partial charge in [0.2, 0.25) is 0 Å². The lowest BCUT2D eigenvalue weighted by atomic mass is 10.1. The van der Waals surface area contributed by atoms with Gasteiger partial charge < -0.3 is 14.6 Å². The number of ether oxygens (including phenoxy) is 1. The topological polar surface area (TPSA) is 123 Å². The van der Waals surface area contributed by atoms with Gasteiger partial charge in [-0.25, -0.2) is 5.43 Å². The second kappa shape index (κ2) is 12.0. The van der Waals surface area contributed by atoms with E-state index in [1.807, 2.05) is 66.9 Å². The number of para-hydroxylation sites is 1. The number of benzene rings is 3. The Morgan fingerprint density at radius 1 is 1.05 bits per heavy atom. The van der Waals surface area contributed by atoms with Gasteiger partial charge in [-0.2, -0.15) is 9.67 Å². The predicted octanol–water partition coefficient (Wildman–Crippen LogP) is 2.34. The molecule has 4 aromatic rings. The number of hydrogen-bond donors (Lipinski definition) is 2. The van der Waals surface area contributed by atoms with Crippen LogP contribution in [0.5, 0.6) is 5.75 Å². The van der Waals surface area contributed by atoms with Gasteiger partial charge in [0.25, 0.3) is 11.7 Å². The molecule has 0 radical (unpaired) electrons. The maximum atomic E-state index is 12.5. The molecule has 0 bridgehead atoms. The van der Waals surface area contributed by atoms with Gasteiger partial charge in [0, 0.05) is 5.56 Å². The zero-order valence-corrected chi connectivity index (χ0v) is 21.1. The van der Waals surface area contributed by atoms with Crippen LogP contribution < -0.4 is 19.8 Å². The quantitative estimate of drug-likeness (QED) is 0.145. The molecule has 4 rings (SSSR count). The lowest BCUT2D eigenvalue weighted by molar-refractivity contribution is -0.625. The number of hydrogen-bond acceptors (Lipinski definition) is 7. The number of aromatic amines is 1. The summed E-state index contributed by atoms with van der Waals surface area (Å²) in [5.41, 5.74) is 7.19. The van der Waals surface area contributed by atoms with Crippen molar-refractivity contribution in [2.45, 2.75) is 19.0 Å². The number of carboxylic acid groups (broad SMARTS) is 1. The summed E-state index contributed by atoms with van der Waals surface area (Å²) >= 11 is 1.27. The molecule has 0 spiro atoms. The number of aryl methyl sites for hydroxylation is 2. The van der Waals surface area contributed by atoms with Gasteiger partial charge in [-0.1, -0.05) is 47.5 Å². The van der Waals surface area contributed by atoms with Crippen molar-refractivity contribution < 1.29 is 24.0 Å². The first-order chi connectivity index (χ1) is 17.9. The van der Waals surface area contributed by atoms with E-state index in [0.717, 1.165) is 28.2 Å². The van der Waals surface area contributed by atoms with E-state index in [2.05, 4.69) is 20.7 Å². The molecule has 3 aromatic carbocycles. The van der Waals surface area contributed by atoms with Crippen LogP contribution in [0.15, 0.2) is 83.1 Å². The number of thioether (sulfide) groups is 1. The highest BCUT2D eigenvalue weighted by molar-refractivity contribution is 7.99. The van der Waals surface area contributed by atoms with Gasteiger partial charge in [-0.15, -0.1) is 5.10 Å². The van der Waals surface area contributed by atoms with Crippen LogP contribution in [0.1, 0.15) is 16.7 Å². The first-order valence-electron chi connectivity index (χ1n) is 11.4. The number of hydrazone groups is 1. The van der Waals surface area contributed by atoms with Crippen LogP contribution in [-0.2, 0) is 9.59 Å². The summed E-state index contributed by atoms with van der Waals surface area (Å²) in [6, 6.07) is 22.9. The smallest absolute Gasteiger partial charge is 0.342 e. The van der Waals surface area contributed by atoms with Gasteiger partial charge >= 0.3 is 5.16 Å². The molecular weight excluding hydrogens is 490 g/mol. The van der Waals surface area contributed by atoms with E-state index in [0.29, 0.717) is 16.5 Å². The minimum atomic E-state index is -1.33. The van der Waals surface area contributed by atoms with Crippen molar-refractivity contribution in [3.63, 3.8) is 0 Å². The molecule has 0 atom stereocenters. The molecule has 0 aliphatic heterocycles. The zero-order valence-electron chi connectivity index (χ0n) is 20.3. The number of carboxylic acids is 1. The Morgan fingerprint density at radius 2 is 1.73 bits per heavy atom. The molecule has 1 aromatic heterocycles. The number of aromatic nitrogens is 3. The maximum absolute atomic E-state index is 12.5. The number of aliphatic carboxylic acids is 1. The van der Waals surface area contributed by atoms with E-state index in [4.69, 9.17) is 4.74 Å². The van der Waals surface area contributed by atoms with Crippen LogP contribution in [0.2, 0.25) is 0 Å². The Labute approximate surface area is 218 Å². The molecule has 9 nitrogen and oxygen atoms in total. The molecular formula is C27H25N5O4S. The molecule has 0 fully saturated rings. The van der Waals surface area contributed by atoms with Crippen LogP contribution in [0.3, 0.4) is 0 Å². The Morgan fingerprint density at radius 3 is 2.43 bits per heavy atom. The summed E-state index contributed by atoms with van der Waals surface area (Å²) in [6.07, 6.45) is 1.39. The summed E-state index contributed by atoms with van der Waals surface area (Å²) in [5.74, 6) is -0.463. The third-order valence-electron chi connectivity index (χ3n) is 5.28. The monoisotopic (exact) mass is 515 g/mol. The molecule has 37 heavy (non-hydrogen) atoms. The number of rotatable bonds is 10. The number of H-pyrrole nitrogens is 1. The number of amides is 1. The van der Waals surface area contributed by atoms with Gasteiger partial charge in [0.15, 0.2) is 0 Å². The third kappa shape index (κ3) is 6.83. The third-order valence-corrected chi connectivity index (χ3v) is 6.22. The van der Waals surface area contributed by atoms with E-state index >= 15 is 0 Å². The SMILES string of the molecule is Cc1ccc(-c2[nH]nc(SCC(=O)N/N=C/c3ccccc3OCC(=O)[O-])[n+]2-c2ccc(C)cc2)cc1. The van der Waals surface area contributed by atoms with Crippen molar-refractivity contribution in [3.8, 4) is 22.8 Å². The number of nitrogens with zero attached hydrogens (tertiary/aromatic N) is 3. The molecule has 1 heterocycles. The van der Waals surface area contributed by atoms with Crippen LogP contribution in [0.25, 0.3) is 17.1 Å². The number of nitrogens with one attached hydrogen (secondary N) is 2. The highest BCUT2D eigenvalue weighted by Crippen LogP contribution is 2.21. The van der Waals surface area contributed by atoms with Crippen molar-refractivity contribution in [1.29, 1.82) is 0 Å². The fourth-order valence-electron chi connectivity index (χ4n) is 3.42. The van der Waals surface area contributed by atoms with Gasteiger partial charge in [-0.3, -0.25) is 4.79 Å². The highest BCUT2D eigenvalue weighted by atomic mass is 32.2. The summed E-state index contributed by atoms with van der Waals surface area (Å²) in [7, 11) is 0. The van der Waals surface area contributed by atoms with E-state index in [1.165, 1.54) is 18.0 Å². The Kier molecular flexibility index (Phi) is 8.32. The van der Waals surface area contributed by atoms with Crippen LogP contribution >= 0.6 is 11.8 Å². The minimum Gasteiger partial charge on any atom is -0.546 e. The second-order valence-corrected chi connectivity index (χ2v) is 9.11. The standard InChI is InChI=1S/C27H25N5O4S/c1-18-7-11-20(12-8-18)26-30-31-27(32(26)22-13-9-19(2)10-14-22)37-17-24(33)29-28-15-21-5-3-4-6-23(21)36-16-25(34)35/h3-15H,16-17H2,1-2H3,(H2,29,33,34,35)/b28-15+. The van der Waals surface area contributed by atoms with Crippen LogP contribution in [0.4, 0.5) is 0 Å². The number of carbonyl (C=O) groups is 2. The van der Waals surface area contributed by atoms with Crippen molar-refractivity contribution in [2.24, 2.45) is 5.10 Å². The first-order valence-corrected chi connectivity index (χ1v) is 12.4. The highest BCUT2D eigenvalue weighted by Gasteiger charge is 2.24. The van der Waals surface area contributed by atoms with E-state index < -0.39 is 12.6 Å². The summed E-state index contributed by atoms with van der Waals surface area (Å²) in [5, 5.41) is 22.8. The second-order valence-electron chi connectivity index (χ2n) is 8.17. The molecule has 0 aliphatic carbocycles. The maximum Gasteiger partial charge on any atom is 0.342 e. The Hall–Kier alpha value is -4.44. The van der Waals surface area contributed by atoms with Crippen molar-refractivity contribution in [3.05, 3.63) is 89.5 Å². The molecule has 10 heteroatoms. The van der Waals surface area contributed by atoms with Crippen molar-refractivity contribution in [2.75, 3.05) is 12.4 Å². The molecule has 188 valence electrons. The average Bonchev–Trinajstić information content (AvgIpc) is 3.31. The zero-order chi connectivity index (χ0) is 26.2. The summed E-state index contributed by atoms with van der Waals surface area (Å²) in [6.45, 7) is 3.48. The number of carbonyl (C=O) groups excluding carboxylic acids is 2. The van der Waals surface area contributed by atoms with Crippen LogP contribution in [0, 0.1) is 13.8 Å². The van der Waals surface area contributed by atoms with E-state index in [9.17, 15) is 14.7 Å². The average molecular weight is 516 g/mol. The van der Waals surface area contributed by atoms with Gasteiger partial charge in [-0.05, 0) is 62.0 Å². The van der Waals surface area contributed by atoms with Crippen molar-refractivity contribution >= 4 is 29.9 Å². The molecule has 0 saturated heterocycles. The normalized spacial score (nSPS) is 11.0. The Balaban J connectivity index is 1.47. The molecule has 0 saturated carbocycles. The van der Waals surface area contributed by atoms with Crippen molar-refractivity contribution in [1.82, 2.24) is 15.6 Å². The van der Waals surface area contributed by atoms with E-state index in [-0.39, 0.29) is 11.7 Å². The Bertz CT molecular complexity index is 1420. The van der Waals surface area contributed by atoms with Gasteiger partial charge in [0.1, 0.15) is 18.0 Å². The molecule has 0 unspecified atom stereocenters. The molecule has 2 N–H and O–H groups in total. The summed E-state index contributed by atoms with van der Waals surface area (Å²) in [4.78, 5) is 23.2. The largest absolute Gasteiger partial charge is 0.546 e. The summed E-state index contributed by atoms with van der Waals surface area (Å²) < 4.78 is 7.17.